The van der Waals surface area contributed by atoms with Crippen LogP contribution < -0.4 is 5.32 Å². The molecule has 0 aliphatic heterocycles. The van der Waals surface area contributed by atoms with Crippen molar-refractivity contribution in [1.82, 2.24) is 5.32 Å². The molecule has 392 valence electrons. The Morgan fingerprint density at radius 3 is 1.03 bits per heavy atom. The van der Waals surface area contributed by atoms with Crippen molar-refractivity contribution in [2.45, 2.75) is 347 Å². The number of allylic oxidation sites excluding steroid dienone is 1. The van der Waals surface area contributed by atoms with Crippen molar-refractivity contribution in [3.05, 3.63) is 12.2 Å². The zero-order valence-electron chi connectivity index (χ0n) is 44.7. The highest BCUT2D eigenvalue weighted by atomic mass is 16.5. The summed E-state index contributed by atoms with van der Waals surface area (Å²) in [6.45, 7) is 4.92. The van der Waals surface area contributed by atoms with Gasteiger partial charge in [0.05, 0.1) is 25.4 Å². The molecular formula is C60H117NO5. The fourth-order valence-corrected chi connectivity index (χ4v) is 9.46. The predicted octanol–water partition coefficient (Wildman–Crippen LogP) is 18.5. The van der Waals surface area contributed by atoms with Crippen molar-refractivity contribution >= 4 is 11.9 Å². The van der Waals surface area contributed by atoms with E-state index in [0.717, 1.165) is 38.5 Å². The van der Waals surface area contributed by atoms with Crippen molar-refractivity contribution in [1.29, 1.82) is 0 Å². The first-order chi connectivity index (χ1) is 32.5. The van der Waals surface area contributed by atoms with E-state index < -0.39 is 12.1 Å². The van der Waals surface area contributed by atoms with Crippen LogP contribution >= 0.6 is 0 Å². The van der Waals surface area contributed by atoms with Crippen LogP contribution in [0, 0.1) is 0 Å². The van der Waals surface area contributed by atoms with Gasteiger partial charge in [-0.2, -0.15) is 0 Å². The van der Waals surface area contributed by atoms with E-state index in [4.69, 9.17) is 4.74 Å². The summed E-state index contributed by atoms with van der Waals surface area (Å²) in [4.78, 5) is 24.5. The lowest BCUT2D eigenvalue weighted by atomic mass is 10.0. The third-order valence-corrected chi connectivity index (χ3v) is 14.1. The van der Waals surface area contributed by atoms with Gasteiger partial charge in [0.1, 0.15) is 0 Å². The molecule has 3 N–H and O–H groups in total. The van der Waals surface area contributed by atoms with Gasteiger partial charge in [-0.15, -0.1) is 0 Å². The number of esters is 1. The van der Waals surface area contributed by atoms with E-state index >= 15 is 0 Å². The zero-order valence-corrected chi connectivity index (χ0v) is 44.7. The lowest BCUT2D eigenvalue weighted by Crippen LogP contribution is -2.45. The highest BCUT2D eigenvalue weighted by Crippen LogP contribution is 2.18. The highest BCUT2D eigenvalue weighted by molar-refractivity contribution is 5.76. The second kappa shape index (κ2) is 56.2. The maximum absolute atomic E-state index is 12.5. The SMILES string of the molecule is CCCCCCCCCCCCCCCCC/C=C/C(O)C(CO)NC(=O)CCCCCCCCCCCCCCCCCCCCCCCOC(=O)CCCCCCCCCCCCC. The summed E-state index contributed by atoms with van der Waals surface area (Å²) in [5.74, 6) is -0.0547. The van der Waals surface area contributed by atoms with E-state index in [1.165, 1.54) is 270 Å². The molecule has 0 aromatic rings. The van der Waals surface area contributed by atoms with Gasteiger partial charge in [0.25, 0.3) is 0 Å². The van der Waals surface area contributed by atoms with E-state index in [-0.39, 0.29) is 18.5 Å². The molecule has 0 radical (unpaired) electrons. The number of carbonyl (C=O) groups is 2. The standard InChI is InChI=1S/C60H117NO5/c1-3-5-7-9-11-13-15-16-17-23-26-29-33-36-40-44-48-52-58(63)57(56-62)61-59(64)53-49-45-41-37-34-30-27-24-21-19-18-20-22-25-28-31-35-39-43-47-51-55-66-60(65)54-50-46-42-38-32-14-12-10-8-6-4-2/h48,52,57-58,62-63H,3-47,49-51,53-56H2,1-2H3,(H,61,64)/b52-48+. The number of unbranched alkanes of at least 4 members (excludes halogenated alkanes) is 45. The Balaban J connectivity index is 3.41. The molecule has 0 heterocycles. The number of rotatable bonds is 56. The molecule has 0 spiro atoms. The molecule has 0 saturated carbocycles. The van der Waals surface area contributed by atoms with Gasteiger partial charge >= 0.3 is 5.97 Å². The van der Waals surface area contributed by atoms with Gasteiger partial charge < -0.3 is 20.3 Å². The number of hydrogen-bond donors (Lipinski definition) is 3. The number of aliphatic hydroxyl groups excluding tert-OH is 2. The Labute approximate surface area is 412 Å². The lowest BCUT2D eigenvalue weighted by Gasteiger charge is -2.20. The minimum absolute atomic E-state index is 0.0116. The van der Waals surface area contributed by atoms with Crippen LogP contribution in [0.4, 0.5) is 0 Å². The molecule has 0 aromatic heterocycles. The molecule has 0 fully saturated rings. The minimum Gasteiger partial charge on any atom is -0.466 e. The average molecular weight is 933 g/mol. The first-order valence-corrected chi connectivity index (χ1v) is 30.0. The normalized spacial score (nSPS) is 12.6. The molecule has 2 unspecified atom stereocenters. The van der Waals surface area contributed by atoms with Gasteiger partial charge in [-0.3, -0.25) is 9.59 Å². The molecule has 0 aromatic carbocycles. The summed E-state index contributed by atoms with van der Waals surface area (Å²) in [6, 6.07) is -0.628. The van der Waals surface area contributed by atoms with Crippen LogP contribution in [0.5, 0.6) is 0 Å². The fourth-order valence-electron chi connectivity index (χ4n) is 9.46. The largest absolute Gasteiger partial charge is 0.466 e. The number of carbonyl (C=O) groups excluding carboxylic acids is 2. The Bertz CT molecular complexity index is 986. The Morgan fingerprint density at radius 2 is 0.697 bits per heavy atom. The molecule has 0 bridgehead atoms. The summed E-state index contributed by atoms with van der Waals surface area (Å²) < 4.78 is 5.46. The van der Waals surface area contributed by atoms with Crippen molar-refractivity contribution in [3.8, 4) is 0 Å². The lowest BCUT2D eigenvalue weighted by molar-refractivity contribution is -0.143. The van der Waals surface area contributed by atoms with Gasteiger partial charge in [0.2, 0.25) is 5.91 Å². The van der Waals surface area contributed by atoms with Crippen LogP contribution in [0.1, 0.15) is 335 Å². The van der Waals surface area contributed by atoms with Gasteiger partial charge in [-0.05, 0) is 32.1 Å². The number of nitrogens with one attached hydrogen (secondary N) is 1. The molecular weight excluding hydrogens is 815 g/mol. The second-order valence-electron chi connectivity index (χ2n) is 20.7. The number of amides is 1. The van der Waals surface area contributed by atoms with Gasteiger partial charge in [0, 0.05) is 12.8 Å². The molecule has 0 aliphatic rings. The third-order valence-electron chi connectivity index (χ3n) is 14.1. The highest BCUT2D eigenvalue weighted by Gasteiger charge is 2.18. The van der Waals surface area contributed by atoms with Crippen LogP contribution in [0.25, 0.3) is 0 Å². The van der Waals surface area contributed by atoms with Crippen molar-refractivity contribution < 1.29 is 24.5 Å². The fraction of sp³-hybridized carbons (Fsp3) is 0.933. The van der Waals surface area contributed by atoms with Crippen molar-refractivity contribution in [3.63, 3.8) is 0 Å². The van der Waals surface area contributed by atoms with E-state index in [1.54, 1.807) is 6.08 Å². The summed E-state index contributed by atoms with van der Waals surface area (Å²) >= 11 is 0. The minimum atomic E-state index is -0.844. The molecule has 6 nitrogen and oxygen atoms in total. The number of aliphatic hydroxyl groups is 2. The molecule has 1 amide bonds. The molecule has 2 atom stereocenters. The molecule has 66 heavy (non-hydrogen) atoms. The van der Waals surface area contributed by atoms with E-state index in [0.29, 0.717) is 19.4 Å². The first kappa shape index (κ1) is 64.6. The third kappa shape index (κ3) is 52.0. The maximum atomic E-state index is 12.5. The van der Waals surface area contributed by atoms with E-state index in [1.807, 2.05) is 6.08 Å². The summed E-state index contributed by atoms with van der Waals surface area (Å²) in [5.41, 5.74) is 0. The second-order valence-corrected chi connectivity index (χ2v) is 20.7. The van der Waals surface area contributed by atoms with Crippen molar-refractivity contribution in [2.24, 2.45) is 0 Å². The molecule has 0 rings (SSSR count). The average Bonchev–Trinajstić information content (AvgIpc) is 3.32. The Hall–Kier alpha value is -1.40. The van der Waals surface area contributed by atoms with Crippen LogP contribution in [-0.2, 0) is 14.3 Å². The monoisotopic (exact) mass is 932 g/mol. The molecule has 6 heteroatoms. The van der Waals surface area contributed by atoms with Crippen LogP contribution in [0.2, 0.25) is 0 Å². The van der Waals surface area contributed by atoms with Crippen molar-refractivity contribution in [2.75, 3.05) is 13.2 Å². The first-order valence-electron chi connectivity index (χ1n) is 30.0. The predicted molar refractivity (Wildman–Crippen MR) is 287 cm³/mol. The zero-order chi connectivity index (χ0) is 47.9. The van der Waals surface area contributed by atoms with Gasteiger partial charge in [-0.25, -0.2) is 0 Å². The summed E-state index contributed by atoms with van der Waals surface area (Å²) in [6.07, 6.45) is 66.7. The van der Waals surface area contributed by atoms with Gasteiger partial charge in [-0.1, -0.05) is 302 Å². The summed E-state index contributed by atoms with van der Waals surface area (Å²) in [7, 11) is 0. The van der Waals surface area contributed by atoms with Gasteiger partial charge in [0.15, 0.2) is 0 Å². The summed E-state index contributed by atoms with van der Waals surface area (Å²) in [5, 5.41) is 23.1. The van der Waals surface area contributed by atoms with Crippen LogP contribution in [0.3, 0.4) is 0 Å². The van der Waals surface area contributed by atoms with Crippen LogP contribution in [-0.4, -0.2) is 47.4 Å². The maximum Gasteiger partial charge on any atom is 0.305 e. The Morgan fingerprint density at radius 1 is 0.409 bits per heavy atom. The van der Waals surface area contributed by atoms with E-state index in [2.05, 4.69) is 19.2 Å². The van der Waals surface area contributed by atoms with Crippen LogP contribution in [0.15, 0.2) is 12.2 Å². The quantitative estimate of drug-likeness (QED) is 0.0321. The smallest absolute Gasteiger partial charge is 0.305 e. The molecule has 0 aliphatic carbocycles. The number of ether oxygens (including phenoxy) is 1. The van der Waals surface area contributed by atoms with E-state index in [9.17, 15) is 19.8 Å². The number of hydrogen-bond acceptors (Lipinski definition) is 5. The topological polar surface area (TPSA) is 95.9 Å². The molecule has 0 saturated heterocycles. The Kier molecular flexibility index (Phi) is 55.0.